The number of hydrogen-bond acceptors (Lipinski definition) is 4. The molecular weight excluding hydrogens is 256 g/mol. The molecule has 1 N–H and O–H groups in total. The molecule has 0 saturated carbocycles. The maximum Gasteiger partial charge on any atom is 0.420 e. The van der Waals surface area contributed by atoms with Gasteiger partial charge in [0, 0.05) is 0 Å². The average Bonchev–Trinajstić information content (AvgIpc) is 3.02. The van der Waals surface area contributed by atoms with Gasteiger partial charge in [-0.15, -0.1) is 0 Å². The fourth-order valence-electron chi connectivity index (χ4n) is 2.17. The molecule has 0 aliphatic carbocycles. The van der Waals surface area contributed by atoms with Crippen LogP contribution in [-0.4, -0.2) is 11.1 Å². The zero-order valence-corrected chi connectivity index (χ0v) is 11.3. The predicted molar refractivity (Wildman–Crippen MR) is 75.7 cm³/mol. The Morgan fingerprint density at radius 2 is 1.90 bits per heavy atom. The molecule has 20 heavy (non-hydrogen) atoms. The Labute approximate surface area is 115 Å². The Balaban J connectivity index is 1.87. The normalized spacial score (nSPS) is 11.2. The smallest absolute Gasteiger partial charge is 0.420 e. The maximum absolute atomic E-state index is 11.9. The van der Waals surface area contributed by atoms with E-state index < -0.39 is 0 Å². The molecule has 2 heterocycles. The number of aromatic nitrogens is 1. The van der Waals surface area contributed by atoms with Gasteiger partial charge in [0.2, 0.25) is 0 Å². The molecule has 0 unspecified atom stereocenters. The molecule has 1 aromatic carbocycles. The van der Waals surface area contributed by atoms with Crippen LogP contribution in [0.3, 0.4) is 0 Å². The third-order valence-electron chi connectivity index (χ3n) is 3.15. The summed E-state index contributed by atoms with van der Waals surface area (Å²) in [5.74, 6) is 1.24. The third-order valence-corrected chi connectivity index (χ3v) is 3.15. The quantitative estimate of drug-likeness (QED) is 0.774. The zero-order valence-electron chi connectivity index (χ0n) is 11.3. The van der Waals surface area contributed by atoms with Crippen LogP contribution in [-0.2, 0) is 13.1 Å². The summed E-state index contributed by atoms with van der Waals surface area (Å²) in [6.07, 6.45) is 0. The molecule has 104 valence electrons. The fraction of sp³-hybridized carbons (Fsp3) is 0.267. The van der Waals surface area contributed by atoms with Crippen molar-refractivity contribution in [2.24, 2.45) is 0 Å². The van der Waals surface area contributed by atoms with Crippen molar-refractivity contribution in [3.05, 3.63) is 58.5 Å². The van der Waals surface area contributed by atoms with Crippen molar-refractivity contribution in [1.29, 1.82) is 0 Å². The summed E-state index contributed by atoms with van der Waals surface area (Å²) in [5, 5.41) is 3.20. The van der Waals surface area contributed by atoms with Crippen LogP contribution >= 0.6 is 0 Å². The SMILES string of the molecule is CCNCc1ccc(Cn2c(=O)oc3ccccc32)o1. The summed E-state index contributed by atoms with van der Waals surface area (Å²) in [6, 6.07) is 11.2. The highest BCUT2D eigenvalue weighted by Gasteiger charge is 2.10. The van der Waals surface area contributed by atoms with Crippen molar-refractivity contribution in [3.63, 3.8) is 0 Å². The van der Waals surface area contributed by atoms with E-state index in [1.807, 2.05) is 37.3 Å². The van der Waals surface area contributed by atoms with Gasteiger partial charge in [0.05, 0.1) is 18.6 Å². The van der Waals surface area contributed by atoms with Gasteiger partial charge < -0.3 is 14.2 Å². The van der Waals surface area contributed by atoms with E-state index >= 15 is 0 Å². The molecule has 0 aliphatic rings. The molecule has 3 rings (SSSR count). The lowest BCUT2D eigenvalue weighted by Crippen LogP contribution is -2.14. The van der Waals surface area contributed by atoms with Crippen molar-refractivity contribution in [3.8, 4) is 0 Å². The van der Waals surface area contributed by atoms with E-state index in [1.165, 1.54) is 0 Å². The van der Waals surface area contributed by atoms with E-state index in [9.17, 15) is 4.79 Å². The van der Waals surface area contributed by atoms with Gasteiger partial charge in [-0.2, -0.15) is 0 Å². The van der Waals surface area contributed by atoms with Gasteiger partial charge in [-0.05, 0) is 30.8 Å². The Morgan fingerprint density at radius 3 is 2.75 bits per heavy atom. The van der Waals surface area contributed by atoms with E-state index in [1.54, 1.807) is 10.6 Å². The number of oxazole rings is 1. The Bertz CT molecular complexity index is 767. The number of furan rings is 1. The van der Waals surface area contributed by atoms with E-state index in [0.717, 1.165) is 23.6 Å². The highest BCUT2D eigenvalue weighted by Crippen LogP contribution is 2.15. The van der Waals surface area contributed by atoms with Crippen LogP contribution in [0.5, 0.6) is 0 Å². The number of fused-ring (bicyclic) bond motifs is 1. The molecule has 5 heteroatoms. The molecule has 0 spiro atoms. The maximum atomic E-state index is 11.9. The second kappa shape index (κ2) is 5.38. The number of rotatable bonds is 5. The lowest BCUT2D eigenvalue weighted by molar-refractivity contribution is 0.430. The molecule has 0 radical (unpaired) electrons. The summed E-state index contributed by atoms with van der Waals surface area (Å²) < 4.78 is 12.5. The number of para-hydroxylation sites is 2. The van der Waals surface area contributed by atoms with Crippen molar-refractivity contribution in [2.75, 3.05) is 6.54 Å². The predicted octanol–water partition coefficient (Wildman–Crippen LogP) is 2.35. The molecule has 0 saturated heterocycles. The monoisotopic (exact) mass is 272 g/mol. The number of hydrogen-bond donors (Lipinski definition) is 1. The highest BCUT2D eigenvalue weighted by atomic mass is 16.4. The van der Waals surface area contributed by atoms with Gasteiger partial charge in [-0.1, -0.05) is 19.1 Å². The van der Waals surface area contributed by atoms with Crippen LogP contribution in [0.2, 0.25) is 0 Å². The van der Waals surface area contributed by atoms with Gasteiger partial charge >= 0.3 is 5.76 Å². The van der Waals surface area contributed by atoms with Crippen molar-refractivity contribution < 1.29 is 8.83 Å². The average molecular weight is 272 g/mol. The molecule has 5 nitrogen and oxygen atoms in total. The number of nitrogens with one attached hydrogen (secondary N) is 1. The number of benzene rings is 1. The molecular formula is C15H16N2O3. The van der Waals surface area contributed by atoms with Gasteiger partial charge in [-0.25, -0.2) is 4.79 Å². The Hall–Kier alpha value is -2.27. The first-order valence-electron chi connectivity index (χ1n) is 6.64. The molecule has 0 aliphatic heterocycles. The van der Waals surface area contributed by atoms with Crippen LogP contribution in [0.25, 0.3) is 11.1 Å². The van der Waals surface area contributed by atoms with Crippen molar-refractivity contribution >= 4 is 11.1 Å². The van der Waals surface area contributed by atoms with Gasteiger partial charge in [0.25, 0.3) is 0 Å². The van der Waals surface area contributed by atoms with Crippen molar-refractivity contribution in [2.45, 2.75) is 20.0 Å². The summed E-state index contributed by atoms with van der Waals surface area (Å²) >= 11 is 0. The minimum Gasteiger partial charge on any atom is -0.463 e. The van der Waals surface area contributed by atoms with E-state index in [-0.39, 0.29) is 5.76 Å². The largest absolute Gasteiger partial charge is 0.463 e. The van der Waals surface area contributed by atoms with Crippen LogP contribution in [0.15, 0.2) is 50.0 Å². The van der Waals surface area contributed by atoms with Crippen LogP contribution in [0, 0.1) is 0 Å². The van der Waals surface area contributed by atoms with E-state index in [4.69, 9.17) is 8.83 Å². The lowest BCUT2D eigenvalue weighted by Gasteiger charge is -2.00. The van der Waals surface area contributed by atoms with Gasteiger partial charge in [-0.3, -0.25) is 4.57 Å². The van der Waals surface area contributed by atoms with Crippen LogP contribution < -0.4 is 11.1 Å². The fourth-order valence-corrected chi connectivity index (χ4v) is 2.17. The molecule has 0 atom stereocenters. The summed E-state index contributed by atoms with van der Waals surface area (Å²) in [7, 11) is 0. The van der Waals surface area contributed by atoms with E-state index in [2.05, 4.69) is 5.32 Å². The van der Waals surface area contributed by atoms with Gasteiger partial charge in [0.1, 0.15) is 11.5 Å². The first-order chi connectivity index (χ1) is 9.78. The molecule has 3 aromatic rings. The highest BCUT2D eigenvalue weighted by molar-refractivity contribution is 5.72. The van der Waals surface area contributed by atoms with E-state index in [0.29, 0.717) is 18.7 Å². The lowest BCUT2D eigenvalue weighted by atomic mass is 10.3. The molecule has 2 aromatic heterocycles. The van der Waals surface area contributed by atoms with Gasteiger partial charge in [0.15, 0.2) is 5.58 Å². The minimum atomic E-state index is -0.365. The first kappa shape index (κ1) is 12.7. The third kappa shape index (κ3) is 2.40. The topological polar surface area (TPSA) is 60.3 Å². The Morgan fingerprint density at radius 1 is 1.10 bits per heavy atom. The Kier molecular flexibility index (Phi) is 3.43. The zero-order chi connectivity index (χ0) is 13.9. The molecule has 0 amide bonds. The second-order valence-electron chi connectivity index (χ2n) is 4.57. The second-order valence-corrected chi connectivity index (χ2v) is 4.57. The molecule has 0 fully saturated rings. The van der Waals surface area contributed by atoms with Crippen LogP contribution in [0.4, 0.5) is 0 Å². The first-order valence-corrected chi connectivity index (χ1v) is 6.64. The molecule has 0 bridgehead atoms. The standard InChI is InChI=1S/C15H16N2O3/c1-2-16-9-11-7-8-12(19-11)10-17-13-5-3-4-6-14(13)20-15(17)18/h3-8,16H,2,9-10H2,1H3. The minimum absolute atomic E-state index is 0.365. The summed E-state index contributed by atoms with van der Waals surface area (Å²) in [5.41, 5.74) is 1.37. The number of nitrogens with zero attached hydrogens (tertiary/aromatic N) is 1. The van der Waals surface area contributed by atoms with Crippen LogP contribution in [0.1, 0.15) is 18.4 Å². The summed E-state index contributed by atoms with van der Waals surface area (Å²) in [4.78, 5) is 11.9. The summed E-state index contributed by atoms with van der Waals surface area (Å²) in [6.45, 7) is 4.00. The van der Waals surface area contributed by atoms with Crippen molar-refractivity contribution in [1.82, 2.24) is 9.88 Å².